The number of likely N-dealkylation sites (N-methyl/N-ethyl adjacent to an activating group) is 1. The number of rotatable bonds is 6. The molecular formula is C18H26N4O2. The highest BCUT2D eigenvalue weighted by Crippen LogP contribution is 2.14. The lowest BCUT2D eigenvalue weighted by Gasteiger charge is -2.36. The van der Waals surface area contributed by atoms with Gasteiger partial charge in [0.2, 0.25) is 11.8 Å². The van der Waals surface area contributed by atoms with Gasteiger partial charge < -0.3 is 14.6 Å². The number of carbonyl (C=O) groups excluding carboxylic acids is 1. The second-order valence-electron chi connectivity index (χ2n) is 6.58. The van der Waals surface area contributed by atoms with E-state index in [0.29, 0.717) is 24.9 Å². The number of carbonyl (C=O) groups is 1. The lowest BCUT2D eigenvalue weighted by Crippen LogP contribution is -2.48. The second-order valence-corrected chi connectivity index (χ2v) is 6.58. The molecule has 1 saturated heterocycles. The Morgan fingerprint density at radius 1 is 1.29 bits per heavy atom. The number of oxazole rings is 1. The van der Waals surface area contributed by atoms with Crippen LogP contribution in [0.4, 0.5) is 0 Å². The summed E-state index contributed by atoms with van der Waals surface area (Å²) >= 11 is 0. The first kappa shape index (κ1) is 16.9. The molecule has 0 aliphatic carbocycles. The van der Waals surface area contributed by atoms with Crippen LogP contribution in [0.1, 0.15) is 25.7 Å². The van der Waals surface area contributed by atoms with Crippen molar-refractivity contribution in [1.82, 2.24) is 20.1 Å². The molecule has 0 spiro atoms. The molecule has 6 heteroatoms. The van der Waals surface area contributed by atoms with E-state index in [2.05, 4.69) is 34.1 Å². The fourth-order valence-electron chi connectivity index (χ4n) is 3.04. The topological polar surface area (TPSA) is 61.6 Å². The molecule has 130 valence electrons. The lowest BCUT2D eigenvalue weighted by atomic mass is 10.1. The first-order valence-electron chi connectivity index (χ1n) is 8.65. The van der Waals surface area contributed by atoms with Gasteiger partial charge in [0.25, 0.3) is 0 Å². The minimum absolute atomic E-state index is 0.0539. The smallest absolute Gasteiger partial charge is 0.220 e. The third-order valence-corrected chi connectivity index (χ3v) is 4.73. The highest BCUT2D eigenvalue weighted by molar-refractivity contribution is 5.76. The van der Waals surface area contributed by atoms with Crippen LogP contribution in [-0.4, -0.2) is 60.0 Å². The molecule has 2 aromatic rings. The Bertz CT molecular complexity index is 643. The van der Waals surface area contributed by atoms with Crippen molar-refractivity contribution in [3.63, 3.8) is 0 Å². The standard InChI is InChI=1S/C18H26N4O2/c1-14(22-11-9-21(2)10-12-22)7-8-17(23)19-13-18-20-15-5-3-4-6-16(15)24-18/h3-6,14H,7-13H2,1-2H3,(H,19,23)/t14-/m1/s1. The Morgan fingerprint density at radius 2 is 2.04 bits per heavy atom. The molecule has 1 fully saturated rings. The van der Waals surface area contributed by atoms with Crippen LogP contribution in [-0.2, 0) is 11.3 Å². The molecule has 1 aromatic heterocycles. The minimum Gasteiger partial charge on any atom is -0.439 e. The molecule has 0 bridgehead atoms. The van der Waals surface area contributed by atoms with Crippen molar-refractivity contribution in [3.05, 3.63) is 30.2 Å². The number of piperazine rings is 1. The maximum absolute atomic E-state index is 12.1. The zero-order valence-corrected chi connectivity index (χ0v) is 14.5. The number of aromatic nitrogens is 1. The summed E-state index contributed by atoms with van der Waals surface area (Å²) in [6, 6.07) is 8.06. The van der Waals surface area contributed by atoms with Gasteiger partial charge in [-0.1, -0.05) is 12.1 Å². The number of benzene rings is 1. The number of nitrogens with zero attached hydrogens (tertiary/aromatic N) is 3. The average molecular weight is 330 g/mol. The molecule has 1 atom stereocenters. The normalized spacial score (nSPS) is 17.9. The first-order valence-corrected chi connectivity index (χ1v) is 8.65. The van der Waals surface area contributed by atoms with E-state index in [9.17, 15) is 4.79 Å². The molecular weight excluding hydrogens is 304 g/mol. The van der Waals surface area contributed by atoms with Gasteiger partial charge in [0.1, 0.15) is 5.52 Å². The van der Waals surface area contributed by atoms with Gasteiger partial charge in [-0.2, -0.15) is 0 Å². The molecule has 1 amide bonds. The Kier molecular flexibility index (Phi) is 5.48. The van der Waals surface area contributed by atoms with E-state index in [1.54, 1.807) is 0 Å². The number of amides is 1. The van der Waals surface area contributed by atoms with Crippen LogP contribution >= 0.6 is 0 Å². The summed E-state index contributed by atoms with van der Waals surface area (Å²) < 4.78 is 5.61. The molecule has 2 heterocycles. The molecule has 3 rings (SSSR count). The van der Waals surface area contributed by atoms with E-state index in [1.165, 1.54) is 0 Å². The van der Waals surface area contributed by atoms with Crippen LogP contribution in [0.5, 0.6) is 0 Å². The van der Waals surface area contributed by atoms with Crippen molar-refractivity contribution in [2.45, 2.75) is 32.4 Å². The third-order valence-electron chi connectivity index (χ3n) is 4.73. The minimum atomic E-state index is 0.0539. The van der Waals surface area contributed by atoms with Gasteiger partial charge in [0.15, 0.2) is 5.58 Å². The van der Waals surface area contributed by atoms with Gasteiger partial charge in [-0.05, 0) is 32.5 Å². The van der Waals surface area contributed by atoms with Crippen LogP contribution in [0.25, 0.3) is 11.1 Å². The van der Waals surface area contributed by atoms with Crippen LogP contribution in [0, 0.1) is 0 Å². The SMILES string of the molecule is C[C@H](CCC(=O)NCc1nc2ccccc2o1)N1CCN(C)CC1. The summed E-state index contributed by atoms with van der Waals surface area (Å²) in [6.45, 7) is 6.93. The highest BCUT2D eigenvalue weighted by atomic mass is 16.3. The van der Waals surface area contributed by atoms with E-state index in [0.717, 1.165) is 43.7 Å². The number of para-hydroxylation sites is 2. The van der Waals surface area contributed by atoms with Crippen LogP contribution in [0.3, 0.4) is 0 Å². The second kappa shape index (κ2) is 7.77. The maximum atomic E-state index is 12.1. The van der Waals surface area contributed by atoms with Crippen molar-refractivity contribution in [2.24, 2.45) is 0 Å². The largest absolute Gasteiger partial charge is 0.439 e. The Morgan fingerprint density at radius 3 is 2.79 bits per heavy atom. The molecule has 1 aliphatic heterocycles. The molecule has 1 aliphatic rings. The molecule has 6 nitrogen and oxygen atoms in total. The van der Waals surface area contributed by atoms with Gasteiger partial charge in [-0.15, -0.1) is 0 Å². The molecule has 1 N–H and O–H groups in total. The third kappa shape index (κ3) is 4.33. The van der Waals surface area contributed by atoms with Gasteiger partial charge in [0, 0.05) is 38.6 Å². The quantitative estimate of drug-likeness (QED) is 0.876. The highest BCUT2D eigenvalue weighted by Gasteiger charge is 2.19. The summed E-state index contributed by atoms with van der Waals surface area (Å²) in [6.07, 6.45) is 1.41. The molecule has 0 radical (unpaired) electrons. The van der Waals surface area contributed by atoms with Crippen LogP contribution in [0.2, 0.25) is 0 Å². The molecule has 1 aromatic carbocycles. The molecule has 0 saturated carbocycles. The summed E-state index contributed by atoms with van der Waals surface area (Å²) in [5, 5.41) is 2.90. The maximum Gasteiger partial charge on any atom is 0.220 e. The van der Waals surface area contributed by atoms with E-state index >= 15 is 0 Å². The zero-order chi connectivity index (χ0) is 16.9. The zero-order valence-electron chi connectivity index (χ0n) is 14.5. The molecule has 24 heavy (non-hydrogen) atoms. The van der Waals surface area contributed by atoms with E-state index < -0.39 is 0 Å². The summed E-state index contributed by atoms with van der Waals surface area (Å²) in [5.74, 6) is 0.606. The van der Waals surface area contributed by atoms with Gasteiger partial charge in [-0.25, -0.2) is 4.98 Å². The van der Waals surface area contributed by atoms with E-state index in [4.69, 9.17) is 4.42 Å². The predicted octanol–water partition coefficient (Wildman–Crippen LogP) is 1.86. The van der Waals surface area contributed by atoms with E-state index in [1.807, 2.05) is 24.3 Å². The monoisotopic (exact) mass is 330 g/mol. The summed E-state index contributed by atoms with van der Waals surface area (Å²) in [7, 11) is 2.15. The lowest BCUT2D eigenvalue weighted by molar-refractivity contribution is -0.121. The predicted molar refractivity (Wildman–Crippen MR) is 93.6 cm³/mol. The first-order chi connectivity index (χ1) is 11.6. The number of nitrogens with one attached hydrogen (secondary N) is 1. The Labute approximate surface area is 142 Å². The average Bonchev–Trinajstić information content (AvgIpc) is 3.01. The van der Waals surface area contributed by atoms with E-state index in [-0.39, 0.29) is 5.91 Å². The van der Waals surface area contributed by atoms with Gasteiger partial charge in [0.05, 0.1) is 6.54 Å². The number of hydrogen-bond donors (Lipinski definition) is 1. The Balaban J connectivity index is 1.40. The van der Waals surface area contributed by atoms with Crippen LogP contribution in [0.15, 0.2) is 28.7 Å². The summed E-state index contributed by atoms with van der Waals surface area (Å²) in [5.41, 5.74) is 1.58. The number of hydrogen-bond acceptors (Lipinski definition) is 5. The summed E-state index contributed by atoms with van der Waals surface area (Å²) in [4.78, 5) is 21.2. The van der Waals surface area contributed by atoms with Crippen molar-refractivity contribution < 1.29 is 9.21 Å². The van der Waals surface area contributed by atoms with Crippen molar-refractivity contribution in [1.29, 1.82) is 0 Å². The molecule has 0 unspecified atom stereocenters. The van der Waals surface area contributed by atoms with Gasteiger partial charge in [-0.3, -0.25) is 9.69 Å². The number of fused-ring (bicyclic) bond motifs is 1. The fraction of sp³-hybridized carbons (Fsp3) is 0.556. The van der Waals surface area contributed by atoms with Gasteiger partial charge >= 0.3 is 0 Å². The fourth-order valence-corrected chi connectivity index (χ4v) is 3.04. The van der Waals surface area contributed by atoms with Crippen molar-refractivity contribution >= 4 is 17.0 Å². The Hall–Kier alpha value is -1.92. The van der Waals surface area contributed by atoms with Crippen molar-refractivity contribution in [2.75, 3.05) is 33.2 Å². The van der Waals surface area contributed by atoms with Crippen LogP contribution < -0.4 is 5.32 Å². The van der Waals surface area contributed by atoms with Crippen molar-refractivity contribution in [3.8, 4) is 0 Å².